The van der Waals surface area contributed by atoms with Crippen LogP contribution in [0.15, 0.2) is 24.3 Å². The molecule has 0 aromatic heterocycles. The summed E-state index contributed by atoms with van der Waals surface area (Å²) in [6, 6.07) is 7.47. The van der Waals surface area contributed by atoms with Crippen LogP contribution < -0.4 is 10.1 Å². The highest BCUT2D eigenvalue weighted by Gasteiger charge is 2.05. The normalized spacial score (nSPS) is 12.4. The summed E-state index contributed by atoms with van der Waals surface area (Å²) in [6.45, 7) is 3.54. The molecule has 0 aliphatic rings. The number of benzene rings is 1. The zero-order valence-electron chi connectivity index (χ0n) is 10.2. The molecule has 1 unspecified atom stereocenters. The lowest BCUT2D eigenvalue weighted by molar-refractivity contribution is 0.210. The number of rotatable bonds is 8. The van der Waals surface area contributed by atoms with Gasteiger partial charge in [0, 0.05) is 6.04 Å². The van der Waals surface area contributed by atoms with Crippen molar-refractivity contribution in [2.75, 3.05) is 19.8 Å². The monoisotopic (exact) mass is 239 g/mol. The van der Waals surface area contributed by atoms with Crippen LogP contribution in [-0.4, -0.2) is 36.0 Å². The summed E-state index contributed by atoms with van der Waals surface area (Å²) >= 11 is 0. The van der Waals surface area contributed by atoms with Gasteiger partial charge in [-0.1, -0.05) is 19.1 Å². The summed E-state index contributed by atoms with van der Waals surface area (Å²) in [4.78, 5) is 0. The molecule has 1 aromatic carbocycles. The second kappa shape index (κ2) is 8.06. The fourth-order valence-corrected chi connectivity index (χ4v) is 1.60. The molecule has 0 aliphatic carbocycles. The van der Waals surface area contributed by atoms with Gasteiger partial charge in [0.05, 0.1) is 19.8 Å². The zero-order chi connectivity index (χ0) is 12.5. The Morgan fingerprint density at radius 2 is 2.18 bits per heavy atom. The SMILES string of the molecule is CCNC(CO)CCOc1cccc(CO)c1. The molecule has 0 heterocycles. The number of aliphatic hydroxyl groups is 2. The maximum absolute atomic E-state index is 9.09. The molecule has 0 amide bonds. The minimum absolute atomic E-state index is 0.0217. The van der Waals surface area contributed by atoms with E-state index in [0.29, 0.717) is 6.61 Å². The fraction of sp³-hybridized carbons (Fsp3) is 0.538. The third-order valence-electron chi connectivity index (χ3n) is 2.53. The van der Waals surface area contributed by atoms with Crippen molar-refractivity contribution < 1.29 is 14.9 Å². The molecule has 4 nitrogen and oxygen atoms in total. The summed E-state index contributed by atoms with van der Waals surface area (Å²) < 4.78 is 5.56. The van der Waals surface area contributed by atoms with Crippen molar-refractivity contribution in [3.63, 3.8) is 0 Å². The molecule has 0 spiro atoms. The molecule has 4 heteroatoms. The van der Waals surface area contributed by atoms with E-state index in [4.69, 9.17) is 14.9 Å². The van der Waals surface area contributed by atoms with Crippen LogP contribution in [0.1, 0.15) is 18.9 Å². The average molecular weight is 239 g/mol. The van der Waals surface area contributed by atoms with Crippen molar-refractivity contribution in [2.24, 2.45) is 0 Å². The maximum atomic E-state index is 9.09. The molecule has 0 saturated heterocycles. The first-order valence-corrected chi connectivity index (χ1v) is 5.97. The van der Waals surface area contributed by atoms with E-state index in [1.54, 1.807) is 0 Å². The second-order valence-corrected chi connectivity index (χ2v) is 3.88. The number of hydrogen-bond acceptors (Lipinski definition) is 4. The molecule has 1 atom stereocenters. The van der Waals surface area contributed by atoms with Gasteiger partial charge in [-0.2, -0.15) is 0 Å². The summed E-state index contributed by atoms with van der Waals surface area (Å²) in [5, 5.41) is 21.2. The van der Waals surface area contributed by atoms with Gasteiger partial charge in [-0.05, 0) is 30.7 Å². The van der Waals surface area contributed by atoms with Crippen LogP contribution in [0.2, 0.25) is 0 Å². The molecule has 1 aromatic rings. The second-order valence-electron chi connectivity index (χ2n) is 3.88. The fourth-order valence-electron chi connectivity index (χ4n) is 1.60. The number of likely N-dealkylation sites (N-methyl/N-ethyl adjacent to an activating group) is 1. The Morgan fingerprint density at radius 1 is 1.35 bits per heavy atom. The lowest BCUT2D eigenvalue weighted by Crippen LogP contribution is -2.33. The van der Waals surface area contributed by atoms with E-state index in [9.17, 15) is 0 Å². The third-order valence-corrected chi connectivity index (χ3v) is 2.53. The van der Waals surface area contributed by atoms with Crippen LogP contribution in [-0.2, 0) is 6.61 Å². The van der Waals surface area contributed by atoms with Gasteiger partial charge in [0.25, 0.3) is 0 Å². The highest BCUT2D eigenvalue weighted by Crippen LogP contribution is 2.13. The van der Waals surface area contributed by atoms with E-state index in [1.807, 2.05) is 31.2 Å². The standard InChI is InChI=1S/C13H21NO3/c1-2-14-12(10-16)6-7-17-13-5-3-4-11(8-13)9-15/h3-5,8,12,14-16H,2,6-7,9-10H2,1H3. The van der Waals surface area contributed by atoms with Gasteiger partial charge in [0.15, 0.2) is 0 Å². The van der Waals surface area contributed by atoms with Crippen molar-refractivity contribution >= 4 is 0 Å². The Hall–Kier alpha value is -1.10. The molecular weight excluding hydrogens is 218 g/mol. The van der Waals surface area contributed by atoms with Crippen LogP contribution in [0, 0.1) is 0 Å². The molecule has 0 radical (unpaired) electrons. The molecule has 0 bridgehead atoms. The summed E-state index contributed by atoms with van der Waals surface area (Å²) in [5.41, 5.74) is 0.841. The molecule has 0 fully saturated rings. The summed E-state index contributed by atoms with van der Waals surface area (Å²) in [7, 11) is 0. The quantitative estimate of drug-likeness (QED) is 0.631. The van der Waals surface area contributed by atoms with Crippen LogP contribution >= 0.6 is 0 Å². The molecule has 1 rings (SSSR count). The number of nitrogens with one attached hydrogen (secondary N) is 1. The van der Waals surface area contributed by atoms with Crippen molar-refractivity contribution in [1.29, 1.82) is 0 Å². The van der Waals surface area contributed by atoms with Gasteiger partial charge in [-0.15, -0.1) is 0 Å². The first kappa shape index (κ1) is 14.0. The molecule has 3 N–H and O–H groups in total. The number of aliphatic hydroxyl groups excluding tert-OH is 2. The van der Waals surface area contributed by atoms with Crippen LogP contribution in [0.3, 0.4) is 0 Å². The lowest BCUT2D eigenvalue weighted by Gasteiger charge is -2.15. The first-order chi connectivity index (χ1) is 8.30. The smallest absolute Gasteiger partial charge is 0.119 e. The Balaban J connectivity index is 2.34. The van der Waals surface area contributed by atoms with E-state index in [1.165, 1.54) is 0 Å². The van der Waals surface area contributed by atoms with E-state index in [0.717, 1.165) is 24.3 Å². The number of hydrogen-bond donors (Lipinski definition) is 3. The van der Waals surface area contributed by atoms with Crippen molar-refractivity contribution in [1.82, 2.24) is 5.32 Å². The Morgan fingerprint density at radius 3 is 2.82 bits per heavy atom. The molecule has 17 heavy (non-hydrogen) atoms. The highest BCUT2D eigenvalue weighted by atomic mass is 16.5. The van der Waals surface area contributed by atoms with Gasteiger partial charge in [-0.3, -0.25) is 0 Å². The van der Waals surface area contributed by atoms with Gasteiger partial charge in [0.1, 0.15) is 5.75 Å². The van der Waals surface area contributed by atoms with Gasteiger partial charge in [-0.25, -0.2) is 0 Å². The minimum Gasteiger partial charge on any atom is -0.494 e. The zero-order valence-corrected chi connectivity index (χ0v) is 10.2. The summed E-state index contributed by atoms with van der Waals surface area (Å²) in [6.07, 6.45) is 0.758. The topological polar surface area (TPSA) is 61.7 Å². The highest BCUT2D eigenvalue weighted by molar-refractivity contribution is 5.27. The third kappa shape index (κ3) is 5.17. The maximum Gasteiger partial charge on any atom is 0.119 e. The van der Waals surface area contributed by atoms with Crippen LogP contribution in [0.4, 0.5) is 0 Å². The van der Waals surface area contributed by atoms with Gasteiger partial charge >= 0.3 is 0 Å². The molecular formula is C13H21NO3. The van der Waals surface area contributed by atoms with Crippen molar-refractivity contribution in [3.05, 3.63) is 29.8 Å². The predicted octanol–water partition coefficient (Wildman–Crippen LogP) is 0.918. The predicted molar refractivity (Wildman–Crippen MR) is 67.0 cm³/mol. The Bertz CT molecular complexity index is 317. The van der Waals surface area contributed by atoms with E-state index in [-0.39, 0.29) is 19.3 Å². The molecule has 0 aliphatic heterocycles. The van der Waals surface area contributed by atoms with Crippen molar-refractivity contribution in [2.45, 2.75) is 26.0 Å². The van der Waals surface area contributed by atoms with Crippen molar-refractivity contribution in [3.8, 4) is 5.75 Å². The largest absolute Gasteiger partial charge is 0.494 e. The minimum atomic E-state index is 0.0217. The Kier molecular flexibility index (Phi) is 6.62. The molecule has 96 valence electrons. The lowest BCUT2D eigenvalue weighted by atomic mass is 10.2. The molecule has 0 saturated carbocycles. The summed E-state index contributed by atoms with van der Waals surface area (Å²) in [5.74, 6) is 0.754. The van der Waals surface area contributed by atoms with Crippen LogP contribution in [0.5, 0.6) is 5.75 Å². The van der Waals surface area contributed by atoms with Crippen LogP contribution in [0.25, 0.3) is 0 Å². The number of ether oxygens (including phenoxy) is 1. The van der Waals surface area contributed by atoms with E-state index < -0.39 is 0 Å². The van der Waals surface area contributed by atoms with Gasteiger partial charge in [0.2, 0.25) is 0 Å². The first-order valence-electron chi connectivity index (χ1n) is 5.97. The van der Waals surface area contributed by atoms with Gasteiger partial charge < -0.3 is 20.3 Å². The Labute approximate surface area is 102 Å². The average Bonchev–Trinajstić information content (AvgIpc) is 2.38. The van der Waals surface area contributed by atoms with E-state index >= 15 is 0 Å². The van der Waals surface area contributed by atoms with E-state index in [2.05, 4.69) is 5.32 Å².